The number of anilines is 1. The first kappa shape index (κ1) is 25.4. The molecule has 1 aromatic carbocycles. The maximum Gasteiger partial charge on any atom is 0.416 e. The molecule has 0 bridgehead atoms. The van der Waals surface area contributed by atoms with Crippen LogP contribution in [0.1, 0.15) is 76.8 Å². The summed E-state index contributed by atoms with van der Waals surface area (Å²) in [5.41, 5.74) is 1.75. The van der Waals surface area contributed by atoms with Crippen LogP contribution in [0.5, 0.6) is 0 Å². The van der Waals surface area contributed by atoms with Crippen molar-refractivity contribution in [3.8, 4) is 0 Å². The molecule has 3 aliphatic rings. The van der Waals surface area contributed by atoms with Crippen molar-refractivity contribution in [2.75, 3.05) is 30.3 Å². The van der Waals surface area contributed by atoms with Crippen molar-refractivity contribution in [2.24, 2.45) is 5.92 Å². The first-order valence-corrected chi connectivity index (χ1v) is 13.8. The Balaban J connectivity index is 1.59. The number of rotatable bonds is 8. The minimum absolute atomic E-state index is 0.482. The van der Waals surface area contributed by atoms with E-state index in [1.165, 1.54) is 55.7 Å². The molecule has 0 spiro atoms. The molecular weight excluding hydrogens is 453 g/mol. The molecule has 0 amide bonds. The number of benzene rings is 1. The monoisotopic (exact) mass is 491 g/mol. The Kier molecular flexibility index (Phi) is 7.85. The molecule has 2 aliphatic heterocycles. The molecule has 2 heterocycles. The van der Waals surface area contributed by atoms with E-state index < -0.39 is 17.2 Å². The maximum absolute atomic E-state index is 13.5. The number of alkyl halides is 3. The highest BCUT2D eigenvalue weighted by molar-refractivity contribution is 8.14. The predicted molar refractivity (Wildman–Crippen MR) is 138 cm³/mol. The lowest BCUT2D eigenvalue weighted by Gasteiger charge is -2.27. The van der Waals surface area contributed by atoms with E-state index in [4.69, 9.17) is 0 Å². The van der Waals surface area contributed by atoms with E-state index in [1.54, 1.807) is 6.07 Å². The minimum atomic E-state index is -4.33. The molecule has 4 rings (SSSR count). The summed E-state index contributed by atoms with van der Waals surface area (Å²) in [4.78, 5) is 2.28. The zero-order valence-corrected chi connectivity index (χ0v) is 21.6. The van der Waals surface area contributed by atoms with Gasteiger partial charge in [0.1, 0.15) is 6.54 Å². The average molecular weight is 492 g/mol. The van der Waals surface area contributed by atoms with Gasteiger partial charge < -0.3 is 4.90 Å². The van der Waals surface area contributed by atoms with Gasteiger partial charge >= 0.3 is 6.18 Å². The van der Waals surface area contributed by atoms with Gasteiger partial charge in [-0.15, -0.1) is 0 Å². The number of halogens is 3. The number of fused-ring (bicyclic) bond motifs is 1. The number of unbranched alkanes of at least 4 members (excludes halogenated alkanes) is 1. The molecule has 2 nitrogen and oxygen atoms in total. The Labute approximate surface area is 207 Å². The topological polar surface area (TPSA) is 6.25 Å². The summed E-state index contributed by atoms with van der Waals surface area (Å²) >= 11 is 1.87. The summed E-state index contributed by atoms with van der Waals surface area (Å²) in [5.74, 6) is 1.98. The quantitative estimate of drug-likeness (QED) is 0.270. The van der Waals surface area contributed by atoms with Gasteiger partial charge in [-0.25, -0.2) is 4.58 Å². The number of nitrogens with zero attached hydrogens (tertiary/aromatic N) is 2. The summed E-state index contributed by atoms with van der Waals surface area (Å²) in [7, 11) is 0. The molecule has 0 N–H and O–H groups in total. The molecule has 0 unspecified atom stereocenters. The fourth-order valence-electron chi connectivity index (χ4n) is 5.75. The van der Waals surface area contributed by atoms with Crippen LogP contribution in [0.2, 0.25) is 0 Å². The second-order valence-corrected chi connectivity index (χ2v) is 11.4. The van der Waals surface area contributed by atoms with Gasteiger partial charge in [0.2, 0.25) is 5.04 Å². The first-order chi connectivity index (χ1) is 16.2. The average Bonchev–Trinajstić information content (AvgIpc) is 3.51. The number of hydrogen-bond donors (Lipinski definition) is 0. The van der Waals surface area contributed by atoms with Crippen LogP contribution in [0.4, 0.5) is 18.9 Å². The summed E-state index contributed by atoms with van der Waals surface area (Å²) in [6.45, 7) is 9.19. The lowest BCUT2D eigenvalue weighted by Crippen LogP contribution is -2.27. The van der Waals surface area contributed by atoms with Crippen molar-refractivity contribution in [1.29, 1.82) is 0 Å². The summed E-state index contributed by atoms with van der Waals surface area (Å²) < 4.78 is 42.9. The number of allylic oxidation sites excluding steroid dienone is 3. The maximum atomic E-state index is 13.5. The van der Waals surface area contributed by atoms with Crippen molar-refractivity contribution in [2.45, 2.75) is 77.3 Å². The van der Waals surface area contributed by atoms with Crippen molar-refractivity contribution in [1.82, 2.24) is 0 Å². The second-order valence-electron chi connectivity index (χ2n) is 10.3. The predicted octanol–water partition coefficient (Wildman–Crippen LogP) is 7.78. The molecule has 6 heteroatoms. The lowest BCUT2D eigenvalue weighted by atomic mass is 9.83. The molecule has 34 heavy (non-hydrogen) atoms. The Morgan fingerprint density at radius 3 is 2.65 bits per heavy atom. The highest BCUT2D eigenvalue weighted by Gasteiger charge is 2.42. The summed E-state index contributed by atoms with van der Waals surface area (Å²) in [5, 5.41) is 1.27. The van der Waals surface area contributed by atoms with Crippen LogP contribution in [0, 0.1) is 5.92 Å². The summed E-state index contributed by atoms with van der Waals surface area (Å²) in [6, 6.07) is 4.29. The molecular formula is C28H38F3N2S+. The molecule has 1 aromatic rings. The van der Waals surface area contributed by atoms with Gasteiger partial charge in [-0.05, 0) is 49.1 Å². The number of thioether (sulfide) groups is 1. The van der Waals surface area contributed by atoms with E-state index in [9.17, 15) is 13.2 Å². The van der Waals surface area contributed by atoms with Crippen molar-refractivity contribution in [3.05, 3.63) is 53.3 Å². The van der Waals surface area contributed by atoms with Crippen LogP contribution in [0.25, 0.3) is 0 Å². The molecule has 0 radical (unpaired) electrons. The fraction of sp³-hybridized carbons (Fsp3) is 0.607. The van der Waals surface area contributed by atoms with Crippen LogP contribution in [-0.2, 0) is 11.6 Å². The SMILES string of the molecule is CC[N+]1=C(/C=C/C=C2/N(CCCCC3CCCC3)c3ccc(C(F)(F)F)cc3C2(C)C)SCC1. The summed E-state index contributed by atoms with van der Waals surface area (Å²) in [6.07, 6.45) is 11.0. The molecule has 0 saturated heterocycles. The molecule has 1 fully saturated rings. The van der Waals surface area contributed by atoms with Crippen molar-refractivity contribution in [3.63, 3.8) is 0 Å². The van der Waals surface area contributed by atoms with Gasteiger partial charge in [0.05, 0.1) is 11.3 Å². The molecule has 1 saturated carbocycles. The highest BCUT2D eigenvalue weighted by Crippen LogP contribution is 2.49. The van der Waals surface area contributed by atoms with E-state index in [1.807, 2.05) is 11.8 Å². The standard InChI is InChI=1S/C28H38F3N2S/c1-4-32-18-19-34-26(32)14-9-13-25-27(2,3)23-20-22(28(29,30)31)15-16-24(23)33(25)17-8-7-12-21-10-5-6-11-21/h9,13-16,20-21H,4-8,10-12,17-19H2,1-3H3/q+1. The van der Waals surface area contributed by atoms with Gasteiger partial charge in [0.25, 0.3) is 0 Å². The molecule has 186 valence electrons. The van der Waals surface area contributed by atoms with Gasteiger partial charge in [-0.2, -0.15) is 13.2 Å². The van der Waals surface area contributed by atoms with E-state index in [2.05, 4.69) is 48.5 Å². The Morgan fingerprint density at radius 2 is 1.94 bits per heavy atom. The molecule has 0 aromatic heterocycles. The van der Waals surface area contributed by atoms with Crippen LogP contribution >= 0.6 is 11.8 Å². The zero-order chi connectivity index (χ0) is 24.3. The third kappa shape index (κ3) is 5.42. The van der Waals surface area contributed by atoms with Crippen LogP contribution < -0.4 is 4.90 Å². The Bertz CT molecular complexity index is 968. The largest absolute Gasteiger partial charge is 0.416 e. The first-order valence-electron chi connectivity index (χ1n) is 12.8. The van der Waals surface area contributed by atoms with Crippen LogP contribution in [0.3, 0.4) is 0 Å². The fourth-order valence-corrected chi connectivity index (χ4v) is 6.84. The Hall–Kier alpha value is -1.69. The number of hydrogen-bond acceptors (Lipinski definition) is 2. The van der Waals surface area contributed by atoms with E-state index >= 15 is 0 Å². The third-order valence-corrected chi connectivity index (χ3v) is 8.81. The second kappa shape index (κ2) is 10.5. The van der Waals surface area contributed by atoms with E-state index in [0.717, 1.165) is 54.7 Å². The smallest absolute Gasteiger partial charge is 0.344 e. The lowest BCUT2D eigenvalue weighted by molar-refractivity contribution is -0.513. The minimum Gasteiger partial charge on any atom is -0.344 e. The normalized spacial score (nSPS) is 22.1. The van der Waals surface area contributed by atoms with Gasteiger partial charge in [-0.3, -0.25) is 0 Å². The Morgan fingerprint density at radius 1 is 1.18 bits per heavy atom. The van der Waals surface area contributed by atoms with Crippen molar-refractivity contribution < 1.29 is 17.7 Å². The molecule has 1 aliphatic carbocycles. The zero-order valence-electron chi connectivity index (χ0n) is 20.8. The van der Waals surface area contributed by atoms with Crippen LogP contribution in [-0.4, -0.2) is 35.0 Å². The highest BCUT2D eigenvalue weighted by atomic mass is 32.2. The van der Waals surface area contributed by atoms with E-state index in [-0.39, 0.29) is 0 Å². The van der Waals surface area contributed by atoms with Gasteiger partial charge in [-0.1, -0.05) is 70.2 Å². The van der Waals surface area contributed by atoms with E-state index in [0.29, 0.717) is 0 Å². The third-order valence-electron chi connectivity index (χ3n) is 7.74. The molecule has 0 atom stereocenters. The van der Waals surface area contributed by atoms with Crippen molar-refractivity contribution >= 4 is 22.5 Å². The van der Waals surface area contributed by atoms with Crippen LogP contribution in [0.15, 0.2) is 42.1 Å². The van der Waals surface area contributed by atoms with Gasteiger partial charge in [0.15, 0.2) is 6.54 Å². The van der Waals surface area contributed by atoms with Gasteiger partial charge in [0, 0.05) is 29.4 Å².